The van der Waals surface area contributed by atoms with Crippen molar-refractivity contribution in [3.63, 3.8) is 0 Å². The summed E-state index contributed by atoms with van der Waals surface area (Å²) in [5, 5.41) is 0. The Balaban J connectivity index is 0.000000640. The van der Waals surface area contributed by atoms with Gasteiger partial charge in [0.15, 0.2) is 0 Å². The molecule has 9 heavy (non-hydrogen) atoms. The molecule has 0 saturated heterocycles. The summed E-state index contributed by atoms with van der Waals surface area (Å²) in [6.45, 7) is 0. The van der Waals surface area contributed by atoms with Gasteiger partial charge in [-0.2, -0.15) is 0 Å². The molecule has 0 spiro atoms. The lowest BCUT2D eigenvalue weighted by atomic mass is 10.7. The maximum Gasteiger partial charge on any atom is 0.203 e. The summed E-state index contributed by atoms with van der Waals surface area (Å²) in [5.74, 6) is 5.28. The highest BCUT2D eigenvalue weighted by atomic mass is 35.5. The maximum atomic E-state index is 5.23. The van der Waals surface area contributed by atoms with E-state index in [4.69, 9.17) is 11.6 Å². The standard InChI is InChI=1S/C4H10N4.ClH/c5-4(8-6)7-3-1-2-3;/h3H,1-2,6H2,(H3,5,7,8);1H. The van der Waals surface area contributed by atoms with E-state index in [9.17, 15) is 0 Å². The lowest BCUT2D eigenvalue weighted by Crippen LogP contribution is -2.37. The van der Waals surface area contributed by atoms with Gasteiger partial charge in [0.05, 0.1) is 6.04 Å². The molecule has 1 fully saturated rings. The minimum absolute atomic E-state index is 0. The lowest BCUT2D eigenvalue weighted by molar-refractivity contribution is 0.956. The fraction of sp³-hybridized carbons (Fsp3) is 0.750. The van der Waals surface area contributed by atoms with Crippen molar-refractivity contribution in [2.24, 2.45) is 16.6 Å². The molecule has 0 heterocycles. The Bertz CT molecular complexity index is 109. The molecule has 1 saturated carbocycles. The molecule has 0 amide bonds. The van der Waals surface area contributed by atoms with Crippen LogP contribution in [0.2, 0.25) is 0 Å². The average Bonchev–Trinajstić information content (AvgIpc) is 2.50. The monoisotopic (exact) mass is 150 g/mol. The van der Waals surface area contributed by atoms with Crippen LogP contribution in [-0.2, 0) is 0 Å². The van der Waals surface area contributed by atoms with Crippen LogP contribution >= 0.6 is 12.4 Å². The van der Waals surface area contributed by atoms with E-state index < -0.39 is 0 Å². The fourth-order valence-electron chi connectivity index (χ4n) is 0.438. The fourth-order valence-corrected chi connectivity index (χ4v) is 0.438. The average molecular weight is 151 g/mol. The quantitative estimate of drug-likeness (QED) is 0.201. The first-order chi connectivity index (χ1) is 3.83. The molecule has 1 aliphatic carbocycles. The van der Waals surface area contributed by atoms with E-state index in [0.29, 0.717) is 12.0 Å². The number of aliphatic imine (C=N–C) groups is 1. The van der Waals surface area contributed by atoms with Crippen LogP contribution < -0.4 is 17.0 Å². The number of hydrogen-bond donors (Lipinski definition) is 3. The second-order valence-electron chi connectivity index (χ2n) is 1.89. The van der Waals surface area contributed by atoms with E-state index in [1.165, 1.54) is 0 Å². The molecule has 0 aromatic rings. The lowest BCUT2D eigenvalue weighted by Gasteiger charge is -1.93. The first-order valence-corrected chi connectivity index (χ1v) is 2.63. The van der Waals surface area contributed by atoms with Gasteiger partial charge in [0.1, 0.15) is 0 Å². The number of nitrogens with zero attached hydrogens (tertiary/aromatic N) is 1. The molecule has 1 rings (SSSR count). The van der Waals surface area contributed by atoms with E-state index in [1.807, 2.05) is 0 Å². The minimum atomic E-state index is 0. The predicted molar refractivity (Wildman–Crippen MR) is 39.2 cm³/mol. The van der Waals surface area contributed by atoms with E-state index in [0.717, 1.165) is 12.8 Å². The van der Waals surface area contributed by atoms with Gasteiger partial charge in [-0.25, -0.2) is 10.8 Å². The Morgan fingerprint density at radius 1 is 1.56 bits per heavy atom. The van der Waals surface area contributed by atoms with Gasteiger partial charge in [0.2, 0.25) is 5.96 Å². The normalized spacial score (nSPS) is 18.6. The van der Waals surface area contributed by atoms with Crippen LogP contribution in [0.3, 0.4) is 0 Å². The highest BCUT2D eigenvalue weighted by molar-refractivity contribution is 5.85. The van der Waals surface area contributed by atoms with Gasteiger partial charge in [0, 0.05) is 0 Å². The van der Waals surface area contributed by atoms with Gasteiger partial charge in [0.25, 0.3) is 0 Å². The van der Waals surface area contributed by atoms with E-state index in [-0.39, 0.29) is 12.4 Å². The molecule has 0 radical (unpaired) electrons. The zero-order chi connectivity index (χ0) is 5.98. The van der Waals surface area contributed by atoms with Gasteiger partial charge in [-0.3, -0.25) is 5.43 Å². The third-order valence-electron chi connectivity index (χ3n) is 1.02. The predicted octanol–water partition coefficient (Wildman–Crippen LogP) is -0.651. The van der Waals surface area contributed by atoms with Crippen LogP contribution in [0.4, 0.5) is 0 Å². The van der Waals surface area contributed by atoms with Gasteiger partial charge in [-0.1, -0.05) is 0 Å². The van der Waals surface area contributed by atoms with Crippen LogP contribution in [-0.4, -0.2) is 12.0 Å². The molecule has 0 aliphatic heterocycles. The molecule has 0 aromatic carbocycles. The molecule has 54 valence electrons. The minimum Gasteiger partial charge on any atom is -0.369 e. The van der Waals surface area contributed by atoms with Crippen molar-refractivity contribution >= 4 is 18.4 Å². The van der Waals surface area contributed by atoms with Crippen molar-refractivity contribution in [3.05, 3.63) is 0 Å². The Morgan fingerprint density at radius 3 is 2.44 bits per heavy atom. The van der Waals surface area contributed by atoms with E-state index >= 15 is 0 Å². The molecule has 1 aliphatic rings. The summed E-state index contributed by atoms with van der Waals surface area (Å²) in [6.07, 6.45) is 2.31. The van der Waals surface area contributed by atoms with Crippen LogP contribution in [0.15, 0.2) is 4.99 Å². The zero-order valence-electron chi connectivity index (χ0n) is 5.00. The van der Waals surface area contributed by atoms with Crippen molar-refractivity contribution in [3.8, 4) is 0 Å². The Hall–Kier alpha value is -0.480. The smallest absolute Gasteiger partial charge is 0.203 e. The molecule has 0 atom stereocenters. The number of nitrogens with one attached hydrogen (secondary N) is 1. The second-order valence-corrected chi connectivity index (χ2v) is 1.89. The summed E-state index contributed by atoms with van der Waals surface area (Å²) in [7, 11) is 0. The molecule has 4 nitrogen and oxygen atoms in total. The number of rotatable bonds is 1. The van der Waals surface area contributed by atoms with Crippen molar-refractivity contribution in [2.75, 3.05) is 0 Å². The van der Waals surface area contributed by atoms with Crippen molar-refractivity contribution < 1.29 is 0 Å². The Morgan fingerprint density at radius 2 is 2.11 bits per heavy atom. The maximum absolute atomic E-state index is 5.23. The van der Waals surface area contributed by atoms with E-state index in [1.54, 1.807) is 0 Å². The van der Waals surface area contributed by atoms with Crippen LogP contribution in [0.1, 0.15) is 12.8 Å². The van der Waals surface area contributed by atoms with Gasteiger partial charge in [-0.15, -0.1) is 12.4 Å². The van der Waals surface area contributed by atoms with Crippen molar-refractivity contribution in [1.82, 2.24) is 5.43 Å². The molecule has 5 heteroatoms. The molecule has 5 N–H and O–H groups in total. The molecular weight excluding hydrogens is 140 g/mol. The van der Waals surface area contributed by atoms with Crippen molar-refractivity contribution in [1.29, 1.82) is 0 Å². The first kappa shape index (κ1) is 8.52. The number of nitrogens with two attached hydrogens (primary N) is 2. The highest BCUT2D eigenvalue weighted by Gasteiger charge is 2.19. The van der Waals surface area contributed by atoms with Gasteiger partial charge >= 0.3 is 0 Å². The van der Waals surface area contributed by atoms with Gasteiger partial charge < -0.3 is 5.73 Å². The number of guanidine groups is 1. The third-order valence-corrected chi connectivity index (χ3v) is 1.02. The van der Waals surface area contributed by atoms with Crippen molar-refractivity contribution in [2.45, 2.75) is 18.9 Å². The third kappa shape index (κ3) is 3.16. The topological polar surface area (TPSA) is 76.4 Å². The number of halogens is 1. The number of hydrogen-bond acceptors (Lipinski definition) is 2. The van der Waals surface area contributed by atoms with Crippen LogP contribution in [0.25, 0.3) is 0 Å². The first-order valence-electron chi connectivity index (χ1n) is 2.63. The molecular formula is C4H11ClN4. The summed E-state index contributed by atoms with van der Waals surface area (Å²) in [4.78, 5) is 3.97. The van der Waals surface area contributed by atoms with Gasteiger partial charge in [-0.05, 0) is 12.8 Å². The second kappa shape index (κ2) is 3.53. The number of hydrazine groups is 1. The zero-order valence-corrected chi connectivity index (χ0v) is 5.82. The van der Waals surface area contributed by atoms with E-state index in [2.05, 4.69) is 10.4 Å². The Kier molecular flexibility index (Phi) is 3.34. The summed E-state index contributed by atoms with van der Waals surface area (Å²) < 4.78 is 0. The van der Waals surface area contributed by atoms with Crippen LogP contribution in [0, 0.1) is 0 Å². The molecule has 0 unspecified atom stereocenters. The van der Waals surface area contributed by atoms with Crippen LogP contribution in [0.5, 0.6) is 0 Å². The summed E-state index contributed by atoms with van der Waals surface area (Å²) in [6, 6.07) is 0.450. The SMILES string of the molecule is Cl.NNC(N)=NC1CC1. The molecule has 0 aromatic heterocycles. The Labute approximate surface area is 60.1 Å². The molecule has 0 bridgehead atoms. The summed E-state index contributed by atoms with van der Waals surface area (Å²) in [5.41, 5.74) is 7.49. The largest absolute Gasteiger partial charge is 0.369 e. The highest BCUT2D eigenvalue weighted by Crippen LogP contribution is 2.22. The summed E-state index contributed by atoms with van der Waals surface area (Å²) >= 11 is 0.